The van der Waals surface area contributed by atoms with E-state index in [0.717, 1.165) is 19.3 Å². The fourth-order valence-corrected chi connectivity index (χ4v) is 6.14. The molecule has 2 N–H and O–H groups in total. The van der Waals surface area contributed by atoms with Crippen molar-refractivity contribution >= 4 is 0 Å². The topological polar surface area (TPSA) is 40.5 Å². The van der Waals surface area contributed by atoms with Crippen LogP contribution in [0.25, 0.3) is 0 Å². The molecule has 2 nitrogen and oxygen atoms in total. The first kappa shape index (κ1) is 35.3. The Kier molecular flexibility index (Phi) is 13.5. The summed E-state index contributed by atoms with van der Waals surface area (Å²) in [5.74, 6) is 0.348. The van der Waals surface area contributed by atoms with E-state index >= 15 is 0 Å². The van der Waals surface area contributed by atoms with Crippen LogP contribution in [0.1, 0.15) is 88.5 Å². The molecule has 0 radical (unpaired) electrons. The zero-order valence-corrected chi connectivity index (χ0v) is 27.9. The minimum absolute atomic E-state index is 0.00528. The fourth-order valence-electron chi connectivity index (χ4n) is 6.14. The monoisotopic (exact) mass is 568 g/mol. The smallest absolute Gasteiger partial charge is 0.0729 e. The van der Waals surface area contributed by atoms with Crippen molar-refractivity contribution in [2.45, 2.75) is 101 Å². The first-order valence-corrected chi connectivity index (χ1v) is 15.4. The van der Waals surface area contributed by atoms with Crippen LogP contribution in [-0.2, 0) is 0 Å². The van der Waals surface area contributed by atoms with Crippen molar-refractivity contribution in [3.8, 4) is 0 Å². The predicted octanol–water partition coefficient (Wildman–Crippen LogP) is 10.4. The van der Waals surface area contributed by atoms with Crippen LogP contribution in [0.3, 0.4) is 0 Å². The molecule has 0 saturated heterocycles. The molecule has 42 heavy (non-hydrogen) atoms. The van der Waals surface area contributed by atoms with Gasteiger partial charge in [0.25, 0.3) is 0 Å². The van der Waals surface area contributed by atoms with Gasteiger partial charge in [0.15, 0.2) is 0 Å². The molecule has 2 aliphatic carbocycles. The van der Waals surface area contributed by atoms with E-state index in [1.54, 1.807) is 0 Å². The van der Waals surface area contributed by atoms with E-state index in [1.165, 1.54) is 39.0 Å². The van der Waals surface area contributed by atoms with Crippen LogP contribution in [0, 0.1) is 16.7 Å². The number of rotatable bonds is 10. The number of hydrogen-bond donors (Lipinski definition) is 2. The highest BCUT2D eigenvalue weighted by Gasteiger charge is 2.34. The van der Waals surface area contributed by atoms with Crippen molar-refractivity contribution in [3.63, 3.8) is 0 Å². The van der Waals surface area contributed by atoms with Gasteiger partial charge in [-0.3, -0.25) is 0 Å². The van der Waals surface area contributed by atoms with Crippen molar-refractivity contribution in [1.82, 2.24) is 0 Å². The largest absolute Gasteiger partial charge is 0.393 e. The summed E-state index contributed by atoms with van der Waals surface area (Å²) in [4.78, 5) is 0. The molecule has 0 aromatic rings. The molecule has 0 saturated carbocycles. The van der Waals surface area contributed by atoms with Gasteiger partial charge in [0.1, 0.15) is 0 Å². The average molecular weight is 569 g/mol. The lowest BCUT2D eigenvalue weighted by atomic mass is 9.67. The Balaban J connectivity index is 1.90. The molecule has 0 heterocycles. The van der Waals surface area contributed by atoms with Crippen molar-refractivity contribution in [2.75, 3.05) is 0 Å². The highest BCUT2D eigenvalue weighted by Crippen LogP contribution is 2.42. The summed E-state index contributed by atoms with van der Waals surface area (Å²) in [5, 5.41) is 20.2. The van der Waals surface area contributed by atoms with Gasteiger partial charge in [0, 0.05) is 5.92 Å². The van der Waals surface area contributed by atoms with Gasteiger partial charge in [-0.25, -0.2) is 0 Å². The Bertz CT molecular complexity index is 1270. The lowest BCUT2D eigenvalue weighted by molar-refractivity contribution is 0.116. The fraction of sp³-hybridized carbons (Fsp3) is 0.450. The molecule has 228 valence electrons. The summed E-state index contributed by atoms with van der Waals surface area (Å²) >= 11 is 0. The Morgan fingerprint density at radius 2 is 1.21 bits per heavy atom. The molecule has 0 spiro atoms. The maximum Gasteiger partial charge on any atom is 0.0729 e. The van der Waals surface area contributed by atoms with Crippen LogP contribution in [0.2, 0.25) is 0 Å². The van der Waals surface area contributed by atoms with E-state index in [9.17, 15) is 10.2 Å². The van der Waals surface area contributed by atoms with Crippen LogP contribution >= 0.6 is 0 Å². The Hall–Kier alpha value is -2.94. The normalized spacial score (nSPS) is 26.6. The summed E-state index contributed by atoms with van der Waals surface area (Å²) in [6.45, 7) is 21.6. The van der Waals surface area contributed by atoms with E-state index in [4.69, 9.17) is 0 Å². The third kappa shape index (κ3) is 11.7. The second-order valence-electron chi connectivity index (χ2n) is 13.7. The van der Waals surface area contributed by atoms with Crippen molar-refractivity contribution in [2.24, 2.45) is 16.7 Å². The van der Waals surface area contributed by atoms with Gasteiger partial charge in [-0.1, -0.05) is 152 Å². The van der Waals surface area contributed by atoms with Gasteiger partial charge in [0.05, 0.1) is 12.2 Å². The Labute approximate surface area is 257 Å². The second-order valence-corrected chi connectivity index (χ2v) is 13.7. The molecule has 2 rings (SSSR count). The molecule has 0 fully saturated rings. The number of allylic oxidation sites excluding steroid dienone is 20. The van der Waals surface area contributed by atoms with Crippen molar-refractivity contribution in [3.05, 3.63) is 130 Å². The predicted molar refractivity (Wildman–Crippen MR) is 184 cm³/mol. The van der Waals surface area contributed by atoms with Gasteiger partial charge in [0.2, 0.25) is 0 Å². The van der Waals surface area contributed by atoms with Gasteiger partial charge >= 0.3 is 0 Å². The second kappa shape index (κ2) is 16.1. The number of aliphatic hydroxyl groups is 2. The van der Waals surface area contributed by atoms with E-state index in [1.807, 2.05) is 6.08 Å². The highest BCUT2D eigenvalue weighted by atomic mass is 16.3. The molecule has 0 aromatic carbocycles. The summed E-state index contributed by atoms with van der Waals surface area (Å²) in [6.07, 6.45) is 33.8. The standard InChI is InChI=1S/C40H56O2/c1-29(17-13-19-31(3)21-23-37-33(5)25-35(41)27-39(37,7)8)15-11-12-16-30(2)18-14-20-32(4)22-24-38-34(6)26-36(42)28-40(38,9)10/h11-25,35-37,41-42H,26-28H2,1-10H3/b12-11+,17-13+,18-14+,23-21+,24-22+,29-15+,30-16+,31-19-,32-20-/t35-,36-,37+/m1/s1. The van der Waals surface area contributed by atoms with Crippen molar-refractivity contribution < 1.29 is 10.2 Å². The van der Waals surface area contributed by atoms with Crippen LogP contribution in [0.4, 0.5) is 0 Å². The molecule has 2 heteroatoms. The van der Waals surface area contributed by atoms with Crippen LogP contribution < -0.4 is 0 Å². The quantitative estimate of drug-likeness (QED) is 0.203. The van der Waals surface area contributed by atoms with Gasteiger partial charge in [-0.2, -0.15) is 0 Å². The molecule has 0 aromatic heterocycles. The van der Waals surface area contributed by atoms with E-state index in [-0.39, 0.29) is 23.0 Å². The third-order valence-electron chi connectivity index (χ3n) is 8.33. The van der Waals surface area contributed by atoms with E-state index in [2.05, 4.69) is 154 Å². The SMILES string of the molecule is CC1=C[C@@H](O)CC(C)(C)[C@H]1/C=C/C(C)=C\C=C\C(C)=C\C=C\C=C(C)\C=C\C=C(C)/C=C/C1=C(C)C[C@@H](O)CC1(C)C. The zero-order chi connectivity index (χ0) is 31.5. The number of hydrogen-bond acceptors (Lipinski definition) is 2. The van der Waals surface area contributed by atoms with Gasteiger partial charge in [-0.05, 0) is 77.2 Å². The van der Waals surface area contributed by atoms with E-state index < -0.39 is 0 Å². The summed E-state index contributed by atoms with van der Waals surface area (Å²) < 4.78 is 0. The molecular weight excluding hydrogens is 512 g/mol. The maximum atomic E-state index is 10.1. The maximum absolute atomic E-state index is 10.1. The lowest BCUT2D eigenvalue weighted by Gasteiger charge is -2.38. The minimum atomic E-state index is -0.331. The highest BCUT2D eigenvalue weighted by molar-refractivity contribution is 5.38. The van der Waals surface area contributed by atoms with Crippen LogP contribution in [-0.4, -0.2) is 22.4 Å². The minimum Gasteiger partial charge on any atom is -0.393 e. The first-order valence-electron chi connectivity index (χ1n) is 15.4. The summed E-state index contributed by atoms with van der Waals surface area (Å²) in [7, 11) is 0. The number of aliphatic hydroxyl groups excluding tert-OH is 2. The first-order chi connectivity index (χ1) is 19.6. The summed E-state index contributed by atoms with van der Waals surface area (Å²) in [5.41, 5.74) is 8.73. The molecular formula is C40H56O2. The Morgan fingerprint density at radius 1 is 0.714 bits per heavy atom. The van der Waals surface area contributed by atoms with Gasteiger partial charge in [-0.15, -0.1) is 0 Å². The molecule has 2 aliphatic rings. The van der Waals surface area contributed by atoms with Gasteiger partial charge < -0.3 is 10.2 Å². The van der Waals surface area contributed by atoms with E-state index in [0.29, 0.717) is 5.92 Å². The average Bonchev–Trinajstić information content (AvgIpc) is 2.84. The molecule has 0 amide bonds. The van der Waals surface area contributed by atoms with Crippen LogP contribution in [0.15, 0.2) is 130 Å². The van der Waals surface area contributed by atoms with Crippen molar-refractivity contribution in [1.29, 1.82) is 0 Å². The zero-order valence-electron chi connectivity index (χ0n) is 27.9. The van der Waals surface area contributed by atoms with Crippen LogP contribution in [0.5, 0.6) is 0 Å². The lowest BCUT2D eigenvalue weighted by Crippen LogP contribution is -2.32. The Morgan fingerprint density at radius 3 is 1.74 bits per heavy atom. The molecule has 3 atom stereocenters. The third-order valence-corrected chi connectivity index (χ3v) is 8.33. The molecule has 0 bridgehead atoms. The molecule has 0 unspecified atom stereocenters. The molecule has 0 aliphatic heterocycles. The summed E-state index contributed by atoms with van der Waals surface area (Å²) in [6, 6.07) is 0.